The fourth-order valence-corrected chi connectivity index (χ4v) is 2.82. The third kappa shape index (κ3) is 3.87. The molecule has 1 heterocycles. The van der Waals surface area contributed by atoms with Crippen LogP contribution in [0.5, 0.6) is 0 Å². The Morgan fingerprint density at radius 1 is 1.32 bits per heavy atom. The molecule has 0 atom stereocenters. The predicted molar refractivity (Wildman–Crippen MR) is 74.8 cm³/mol. The van der Waals surface area contributed by atoms with Crippen molar-refractivity contribution >= 4 is 5.78 Å². The van der Waals surface area contributed by atoms with Crippen molar-refractivity contribution in [2.75, 3.05) is 19.6 Å². The van der Waals surface area contributed by atoms with Crippen LogP contribution >= 0.6 is 0 Å². The van der Waals surface area contributed by atoms with E-state index in [-0.39, 0.29) is 11.3 Å². The van der Waals surface area contributed by atoms with Crippen LogP contribution in [0, 0.1) is 11.7 Å². The summed E-state index contributed by atoms with van der Waals surface area (Å²) in [6.07, 6.45) is 4.85. The summed E-state index contributed by atoms with van der Waals surface area (Å²) in [5.74, 6) is 0.297. The summed E-state index contributed by atoms with van der Waals surface area (Å²) in [5, 5.41) is 0. The molecule has 0 saturated carbocycles. The quantitative estimate of drug-likeness (QED) is 0.758. The Bertz CT molecular complexity index is 425. The maximum absolute atomic E-state index is 13.5. The molecule has 0 aromatic heterocycles. The van der Waals surface area contributed by atoms with E-state index in [0.29, 0.717) is 6.54 Å². The van der Waals surface area contributed by atoms with Crippen LogP contribution in [0.15, 0.2) is 24.3 Å². The number of benzene rings is 1. The number of Topliss-reactive ketones (excluding diaryl/α,β-unsaturated/α-hetero) is 1. The minimum Gasteiger partial charge on any atom is -0.296 e. The van der Waals surface area contributed by atoms with Gasteiger partial charge in [0.1, 0.15) is 5.82 Å². The summed E-state index contributed by atoms with van der Waals surface area (Å²) in [7, 11) is 0. The topological polar surface area (TPSA) is 20.3 Å². The van der Waals surface area contributed by atoms with Gasteiger partial charge in [0, 0.05) is 0 Å². The zero-order valence-electron chi connectivity index (χ0n) is 11.6. The van der Waals surface area contributed by atoms with Crippen LogP contribution in [-0.4, -0.2) is 30.3 Å². The Balaban J connectivity index is 1.86. The van der Waals surface area contributed by atoms with Crippen molar-refractivity contribution in [3.05, 3.63) is 35.6 Å². The molecule has 0 amide bonds. The highest BCUT2D eigenvalue weighted by Crippen LogP contribution is 2.21. The van der Waals surface area contributed by atoms with E-state index >= 15 is 0 Å². The molecule has 0 bridgehead atoms. The first-order valence-corrected chi connectivity index (χ1v) is 7.20. The Morgan fingerprint density at radius 3 is 2.63 bits per heavy atom. The first-order valence-electron chi connectivity index (χ1n) is 7.20. The van der Waals surface area contributed by atoms with E-state index < -0.39 is 5.82 Å². The van der Waals surface area contributed by atoms with Gasteiger partial charge >= 0.3 is 0 Å². The number of piperidine rings is 1. The maximum Gasteiger partial charge on any atom is 0.179 e. The first kappa shape index (κ1) is 14.2. The highest BCUT2D eigenvalue weighted by Gasteiger charge is 2.21. The molecule has 0 unspecified atom stereocenters. The van der Waals surface area contributed by atoms with Gasteiger partial charge in [0.2, 0.25) is 0 Å². The third-order valence-electron chi connectivity index (χ3n) is 3.95. The minimum absolute atomic E-state index is 0.105. The fourth-order valence-electron chi connectivity index (χ4n) is 2.82. The van der Waals surface area contributed by atoms with Gasteiger partial charge in [-0.15, -0.1) is 0 Å². The average molecular weight is 263 g/mol. The van der Waals surface area contributed by atoms with Crippen molar-refractivity contribution in [3.63, 3.8) is 0 Å². The molecule has 3 heteroatoms. The second-order valence-corrected chi connectivity index (χ2v) is 5.41. The lowest BCUT2D eigenvalue weighted by Crippen LogP contribution is -2.37. The minimum atomic E-state index is -0.409. The van der Waals surface area contributed by atoms with Gasteiger partial charge in [-0.1, -0.05) is 31.9 Å². The third-order valence-corrected chi connectivity index (χ3v) is 3.95. The highest BCUT2D eigenvalue weighted by atomic mass is 19.1. The van der Waals surface area contributed by atoms with Crippen LogP contribution in [0.25, 0.3) is 0 Å². The number of hydrogen-bond acceptors (Lipinski definition) is 2. The largest absolute Gasteiger partial charge is 0.296 e. The van der Waals surface area contributed by atoms with Crippen molar-refractivity contribution in [1.29, 1.82) is 0 Å². The van der Waals surface area contributed by atoms with Crippen LogP contribution < -0.4 is 0 Å². The molecule has 19 heavy (non-hydrogen) atoms. The number of hydrogen-bond donors (Lipinski definition) is 0. The zero-order chi connectivity index (χ0) is 13.7. The lowest BCUT2D eigenvalue weighted by Gasteiger charge is -2.31. The monoisotopic (exact) mass is 263 g/mol. The molecular formula is C16H22FNO. The molecule has 1 aromatic rings. The Kier molecular flexibility index (Phi) is 5.08. The fraction of sp³-hybridized carbons (Fsp3) is 0.562. The predicted octanol–water partition coefficient (Wildman–Crippen LogP) is 3.52. The van der Waals surface area contributed by atoms with E-state index in [1.54, 1.807) is 18.2 Å². The maximum atomic E-state index is 13.5. The molecule has 1 aliphatic rings. The molecule has 1 aliphatic heterocycles. The van der Waals surface area contributed by atoms with Crippen LogP contribution in [0.1, 0.15) is 43.0 Å². The van der Waals surface area contributed by atoms with Gasteiger partial charge in [-0.2, -0.15) is 0 Å². The van der Waals surface area contributed by atoms with E-state index in [2.05, 4.69) is 11.8 Å². The molecule has 1 aromatic carbocycles. The number of ketones is 1. The van der Waals surface area contributed by atoms with Gasteiger partial charge in [0.05, 0.1) is 12.1 Å². The van der Waals surface area contributed by atoms with Crippen molar-refractivity contribution in [3.8, 4) is 0 Å². The lowest BCUT2D eigenvalue weighted by molar-refractivity contribution is 0.0889. The van der Waals surface area contributed by atoms with Crippen molar-refractivity contribution in [2.24, 2.45) is 5.92 Å². The standard InChI is InChI=1S/C16H22FNO/c1-2-5-13-8-10-18(11-9-13)12-16(19)14-6-3-4-7-15(14)17/h3-4,6-7,13H,2,5,8-12H2,1H3. The number of likely N-dealkylation sites (tertiary alicyclic amines) is 1. The summed E-state index contributed by atoms with van der Waals surface area (Å²) in [4.78, 5) is 14.2. The van der Waals surface area contributed by atoms with Crippen LogP contribution in [0.3, 0.4) is 0 Å². The van der Waals surface area contributed by atoms with E-state index in [1.165, 1.54) is 31.7 Å². The summed E-state index contributed by atoms with van der Waals surface area (Å²) >= 11 is 0. The second-order valence-electron chi connectivity index (χ2n) is 5.41. The van der Waals surface area contributed by atoms with Gasteiger partial charge in [-0.05, 0) is 44.0 Å². The summed E-state index contributed by atoms with van der Waals surface area (Å²) in [6, 6.07) is 6.24. The summed E-state index contributed by atoms with van der Waals surface area (Å²) in [6.45, 7) is 4.49. The Morgan fingerprint density at radius 2 is 2.00 bits per heavy atom. The molecule has 0 radical (unpaired) electrons. The first-order chi connectivity index (χ1) is 9.20. The normalized spacial score (nSPS) is 17.6. The van der Waals surface area contributed by atoms with Crippen LogP contribution in [0.4, 0.5) is 4.39 Å². The van der Waals surface area contributed by atoms with Gasteiger partial charge in [0.25, 0.3) is 0 Å². The van der Waals surface area contributed by atoms with E-state index in [4.69, 9.17) is 0 Å². The molecule has 1 fully saturated rings. The number of rotatable bonds is 5. The Labute approximate surface area is 114 Å². The SMILES string of the molecule is CCCC1CCN(CC(=O)c2ccccc2F)CC1. The van der Waals surface area contributed by atoms with Gasteiger partial charge in [0.15, 0.2) is 5.78 Å². The van der Waals surface area contributed by atoms with E-state index in [1.807, 2.05) is 0 Å². The number of carbonyl (C=O) groups excluding carboxylic acids is 1. The summed E-state index contributed by atoms with van der Waals surface area (Å²) < 4.78 is 13.5. The highest BCUT2D eigenvalue weighted by molar-refractivity contribution is 5.97. The van der Waals surface area contributed by atoms with Gasteiger partial charge in [-0.25, -0.2) is 4.39 Å². The smallest absolute Gasteiger partial charge is 0.179 e. The number of halogens is 1. The van der Waals surface area contributed by atoms with E-state index in [9.17, 15) is 9.18 Å². The molecule has 0 N–H and O–H groups in total. The van der Waals surface area contributed by atoms with Crippen molar-refractivity contribution in [1.82, 2.24) is 4.90 Å². The molecule has 0 aliphatic carbocycles. The van der Waals surface area contributed by atoms with Gasteiger partial charge in [-0.3, -0.25) is 9.69 Å². The molecule has 2 nitrogen and oxygen atoms in total. The average Bonchev–Trinajstić information content (AvgIpc) is 2.42. The van der Waals surface area contributed by atoms with Gasteiger partial charge < -0.3 is 0 Å². The molecule has 0 spiro atoms. The number of nitrogens with zero attached hydrogens (tertiary/aromatic N) is 1. The zero-order valence-corrected chi connectivity index (χ0v) is 11.6. The van der Waals surface area contributed by atoms with Crippen LogP contribution in [-0.2, 0) is 0 Å². The van der Waals surface area contributed by atoms with Crippen LogP contribution in [0.2, 0.25) is 0 Å². The lowest BCUT2D eigenvalue weighted by atomic mass is 9.92. The molecule has 104 valence electrons. The van der Waals surface area contributed by atoms with E-state index in [0.717, 1.165) is 19.0 Å². The molecule has 2 rings (SSSR count). The van der Waals surface area contributed by atoms with Crippen molar-refractivity contribution in [2.45, 2.75) is 32.6 Å². The second kappa shape index (κ2) is 6.80. The van der Waals surface area contributed by atoms with Crippen molar-refractivity contribution < 1.29 is 9.18 Å². The molecule has 1 saturated heterocycles. The molecular weight excluding hydrogens is 241 g/mol. The number of carbonyl (C=O) groups is 1. The summed E-state index contributed by atoms with van der Waals surface area (Å²) in [5.41, 5.74) is 0.221. The Hall–Kier alpha value is -1.22.